The van der Waals surface area contributed by atoms with Crippen molar-refractivity contribution in [2.24, 2.45) is 0 Å². The van der Waals surface area contributed by atoms with Crippen LogP contribution in [0.2, 0.25) is 0 Å². The molecule has 0 unspecified atom stereocenters. The molecule has 5 nitrogen and oxygen atoms in total. The normalized spacial score (nSPS) is 15.1. The molecule has 0 N–H and O–H groups in total. The summed E-state index contributed by atoms with van der Waals surface area (Å²) in [6.45, 7) is 18.4. The second kappa shape index (κ2) is 10.3. The quantitative estimate of drug-likeness (QED) is 0.174. The Balaban J connectivity index is 1.18. The van der Waals surface area contributed by atoms with Gasteiger partial charge in [0, 0.05) is 45.3 Å². The van der Waals surface area contributed by atoms with Crippen LogP contribution in [-0.2, 0) is 10.8 Å². The van der Waals surface area contributed by atoms with Crippen LogP contribution in [0.5, 0.6) is 11.5 Å². The Morgan fingerprint density at radius 2 is 1.38 bits per heavy atom. The Hall–Kier alpha value is -4.90. The summed E-state index contributed by atoms with van der Waals surface area (Å²) in [7, 11) is 0. The van der Waals surface area contributed by atoms with Gasteiger partial charge in [-0.1, -0.05) is 104 Å². The fraction of sp³-hybridized carbons (Fsp3) is 0.286. The van der Waals surface area contributed by atoms with Crippen LogP contribution >= 0.6 is 0 Å². The van der Waals surface area contributed by atoms with Crippen molar-refractivity contribution in [2.45, 2.75) is 78.1 Å². The number of pyridine rings is 1. The van der Waals surface area contributed by atoms with Gasteiger partial charge < -0.3 is 9.30 Å². The van der Waals surface area contributed by atoms with E-state index < -0.39 is 0 Å². The molecule has 7 aromatic rings. The summed E-state index contributed by atoms with van der Waals surface area (Å²) in [6.07, 6.45) is 6.16. The molecule has 5 heteroatoms. The van der Waals surface area contributed by atoms with Crippen LogP contribution < -0.4 is 4.74 Å². The zero-order chi connectivity index (χ0) is 32.8. The molecule has 0 amide bonds. The van der Waals surface area contributed by atoms with Crippen LogP contribution in [0.25, 0.3) is 44.3 Å². The van der Waals surface area contributed by atoms with Crippen molar-refractivity contribution in [1.29, 1.82) is 0 Å². The van der Waals surface area contributed by atoms with Crippen LogP contribution in [0, 0.1) is 0 Å². The van der Waals surface area contributed by atoms with E-state index in [1.807, 2.05) is 18.5 Å². The number of para-hydroxylation sites is 2. The van der Waals surface area contributed by atoms with Gasteiger partial charge in [-0.2, -0.15) is 0 Å². The van der Waals surface area contributed by atoms with Crippen molar-refractivity contribution < 1.29 is 4.74 Å². The lowest BCUT2D eigenvalue weighted by Crippen LogP contribution is -2.44. The molecule has 0 saturated carbocycles. The molecule has 1 aliphatic rings. The van der Waals surface area contributed by atoms with Crippen molar-refractivity contribution >= 4 is 27.3 Å². The summed E-state index contributed by atoms with van der Waals surface area (Å²) in [5.74, 6) is 2.37. The second-order valence-electron chi connectivity index (χ2n) is 14.9. The fourth-order valence-electron chi connectivity index (χ4n) is 7.64. The van der Waals surface area contributed by atoms with Crippen LogP contribution in [-0.4, -0.2) is 18.9 Å². The highest BCUT2D eigenvalue weighted by molar-refractivity contribution is 6.13. The van der Waals surface area contributed by atoms with Crippen molar-refractivity contribution in [2.75, 3.05) is 0 Å². The summed E-state index contributed by atoms with van der Waals surface area (Å²) in [6, 6.07) is 28.0. The first-order chi connectivity index (χ1) is 22.5. The lowest BCUT2D eigenvalue weighted by Gasteiger charge is -2.45. The molecular weight excluding hydrogens is 576 g/mol. The maximum absolute atomic E-state index is 6.55. The predicted octanol–water partition coefficient (Wildman–Crippen LogP) is 11.1. The summed E-state index contributed by atoms with van der Waals surface area (Å²) in [5.41, 5.74) is 10.6. The van der Waals surface area contributed by atoms with Gasteiger partial charge in [0.25, 0.3) is 0 Å². The van der Waals surface area contributed by atoms with Gasteiger partial charge in [0.15, 0.2) is 0 Å². The van der Waals surface area contributed by atoms with E-state index >= 15 is 0 Å². The van der Waals surface area contributed by atoms with Gasteiger partial charge in [0.1, 0.15) is 17.1 Å². The first-order valence-corrected chi connectivity index (χ1v) is 16.8. The number of nitrogens with zero attached hydrogens (tertiary/aromatic N) is 4. The fourth-order valence-corrected chi connectivity index (χ4v) is 7.64. The third-order valence-electron chi connectivity index (χ3n) is 11.0. The number of imidazole rings is 2. The topological polar surface area (TPSA) is 44.3 Å². The molecule has 4 aromatic carbocycles. The van der Waals surface area contributed by atoms with E-state index in [1.54, 1.807) is 0 Å². The lowest BCUT2D eigenvalue weighted by atomic mass is 9.61. The Morgan fingerprint density at radius 1 is 0.681 bits per heavy atom. The minimum atomic E-state index is -0.0872. The number of aromatic nitrogens is 4. The van der Waals surface area contributed by atoms with Gasteiger partial charge >= 0.3 is 0 Å². The van der Waals surface area contributed by atoms with E-state index in [0.29, 0.717) is 11.8 Å². The van der Waals surface area contributed by atoms with E-state index in [0.717, 1.165) is 33.8 Å². The van der Waals surface area contributed by atoms with Crippen LogP contribution in [0.4, 0.5) is 0 Å². The molecule has 8 rings (SSSR count). The standard InChI is InChI=1S/C42H42N4O/c1-25(2)30-14-10-15-31(26(3)4)38(30)45-23-36(44-24-45)27-12-9-13-28(20-27)47-29-18-19-32-33-16-11-17-35-39(33)46-37(42(7,8)41(35,5)6)22-43-40(46)34(32)21-29/h9-26H,1-8H3. The lowest BCUT2D eigenvalue weighted by molar-refractivity contribution is 0.288. The second-order valence-corrected chi connectivity index (χ2v) is 14.9. The minimum Gasteiger partial charge on any atom is -0.457 e. The maximum atomic E-state index is 6.55. The summed E-state index contributed by atoms with van der Waals surface area (Å²) < 4.78 is 11.1. The monoisotopic (exact) mass is 618 g/mol. The molecule has 0 saturated heterocycles. The van der Waals surface area contributed by atoms with E-state index in [1.165, 1.54) is 44.4 Å². The van der Waals surface area contributed by atoms with Crippen molar-refractivity contribution in [3.63, 3.8) is 0 Å². The Morgan fingerprint density at radius 3 is 2.13 bits per heavy atom. The Kier molecular flexibility index (Phi) is 6.47. The molecule has 0 radical (unpaired) electrons. The molecule has 236 valence electrons. The summed E-state index contributed by atoms with van der Waals surface area (Å²) in [5, 5.41) is 3.53. The molecule has 0 bridgehead atoms. The van der Waals surface area contributed by atoms with E-state index in [4.69, 9.17) is 14.7 Å². The molecule has 0 spiro atoms. The number of benzene rings is 4. The minimum absolute atomic E-state index is 0.0401. The third kappa shape index (κ3) is 4.28. The maximum Gasteiger partial charge on any atom is 0.145 e. The van der Waals surface area contributed by atoms with Crippen LogP contribution in [0.15, 0.2) is 97.6 Å². The summed E-state index contributed by atoms with van der Waals surface area (Å²) in [4.78, 5) is 9.87. The Labute approximate surface area is 276 Å². The van der Waals surface area contributed by atoms with E-state index in [-0.39, 0.29) is 10.8 Å². The predicted molar refractivity (Wildman–Crippen MR) is 194 cm³/mol. The van der Waals surface area contributed by atoms with Gasteiger partial charge in [0.2, 0.25) is 0 Å². The number of fused-ring (bicyclic) bond motifs is 3. The van der Waals surface area contributed by atoms with Gasteiger partial charge in [0.05, 0.1) is 23.2 Å². The molecule has 0 atom stereocenters. The first kappa shape index (κ1) is 29.5. The van der Waals surface area contributed by atoms with Crippen LogP contribution in [0.3, 0.4) is 0 Å². The number of hydrogen-bond donors (Lipinski definition) is 0. The zero-order valence-electron chi connectivity index (χ0n) is 28.6. The Bertz CT molecular complexity index is 2320. The molecule has 1 aliphatic heterocycles. The first-order valence-electron chi connectivity index (χ1n) is 16.8. The summed E-state index contributed by atoms with van der Waals surface area (Å²) >= 11 is 0. The van der Waals surface area contributed by atoms with Crippen LogP contribution in [0.1, 0.15) is 89.6 Å². The highest BCUT2D eigenvalue weighted by atomic mass is 16.5. The van der Waals surface area contributed by atoms with Gasteiger partial charge in [-0.15, -0.1) is 0 Å². The molecule has 3 aromatic heterocycles. The number of ether oxygens (including phenoxy) is 1. The number of hydrogen-bond acceptors (Lipinski definition) is 3. The highest BCUT2D eigenvalue weighted by Crippen LogP contribution is 2.51. The van der Waals surface area contributed by atoms with E-state index in [9.17, 15) is 0 Å². The molecule has 0 fully saturated rings. The SMILES string of the molecule is CC(C)c1cccc(C(C)C)c1-n1cnc(-c2cccc(Oc3ccc4c(c3)c3ncc5n3c3c(cccc43)C(C)(C)C5(C)C)c2)c1. The average molecular weight is 619 g/mol. The van der Waals surface area contributed by atoms with Crippen molar-refractivity contribution in [1.82, 2.24) is 18.9 Å². The molecule has 0 aliphatic carbocycles. The number of rotatable bonds is 6. The molecule has 47 heavy (non-hydrogen) atoms. The van der Waals surface area contributed by atoms with Gasteiger partial charge in [-0.25, -0.2) is 9.97 Å². The van der Waals surface area contributed by atoms with Gasteiger partial charge in [-0.3, -0.25) is 4.40 Å². The highest BCUT2D eigenvalue weighted by Gasteiger charge is 2.46. The van der Waals surface area contributed by atoms with Crippen molar-refractivity contribution in [3.05, 3.63) is 120 Å². The third-order valence-corrected chi connectivity index (χ3v) is 11.0. The van der Waals surface area contributed by atoms with Gasteiger partial charge in [-0.05, 0) is 64.2 Å². The average Bonchev–Trinajstić information content (AvgIpc) is 3.73. The zero-order valence-corrected chi connectivity index (χ0v) is 28.6. The largest absolute Gasteiger partial charge is 0.457 e. The smallest absolute Gasteiger partial charge is 0.145 e. The molecular formula is C42H42N4O. The molecule has 4 heterocycles. The van der Waals surface area contributed by atoms with Crippen molar-refractivity contribution in [3.8, 4) is 28.4 Å². The van der Waals surface area contributed by atoms with E-state index in [2.05, 4.69) is 143 Å².